The van der Waals surface area contributed by atoms with Crippen LogP contribution >= 0.6 is 11.6 Å². The number of aromatic hydroxyl groups is 1. The van der Waals surface area contributed by atoms with E-state index >= 15 is 0 Å². The smallest absolute Gasteiger partial charge is 0.270 e. The molecule has 0 heterocycles. The van der Waals surface area contributed by atoms with E-state index in [1.165, 1.54) is 30.3 Å². The van der Waals surface area contributed by atoms with E-state index < -0.39 is 14.9 Å². The van der Waals surface area contributed by atoms with E-state index in [2.05, 4.69) is 4.72 Å². The van der Waals surface area contributed by atoms with Crippen molar-refractivity contribution in [2.45, 2.75) is 4.90 Å². The van der Waals surface area contributed by atoms with Crippen molar-refractivity contribution in [3.05, 3.63) is 57.6 Å². The first-order chi connectivity index (χ1) is 9.79. The van der Waals surface area contributed by atoms with Gasteiger partial charge in [0.05, 0.1) is 20.5 Å². The Hall–Kier alpha value is -2.32. The molecule has 0 fully saturated rings. The molecule has 9 heteroatoms. The molecule has 110 valence electrons. The topological polar surface area (TPSA) is 110 Å². The van der Waals surface area contributed by atoms with Gasteiger partial charge < -0.3 is 5.11 Å². The second-order valence-electron chi connectivity index (χ2n) is 4.03. The van der Waals surface area contributed by atoms with E-state index in [0.717, 1.165) is 12.1 Å². The van der Waals surface area contributed by atoms with Crippen LogP contribution in [-0.2, 0) is 10.0 Å². The third kappa shape index (κ3) is 3.41. The number of rotatable bonds is 4. The van der Waals surface area contributed by atoms with Gasteiger partial charge in [-0.05, 0) is 18.2 Å². The van der Waals surface area contributed by atoms with Crippen molar-refractivity contribution in [3.63, 3.8) is 0 Å². The molecule has 7 nitrogen and oxygen atoms in total. The SMILES string of the molecule is O=[N+]([O-])c1cccc(S(=O)(=O)Nc2ccc(Cl)c(O)c2)c1. The zero-order valence-corrected chi connectivity index (χ0v) is 11.9. The average Bonchev–Trinajstić information content (AvgIpc) is 2.43. The van der Waals surface area contributed by atoms with Gasteiger partial charge in [0, 0.05) is 18.2 Å². The predicted molar refractivity (Wildman–Crippen MR) is 77.0 cm³/mol. The van der Waals surface area contributed by atoms with Gasteiger partial charge in [-0.2, -0.15) is 0 Å². The van der Waals surface area contributed by atoms with Crippen LogP contribution in [0.2, 0.25) is 5.02 Å². The molecule has 2 N–H and O–H groups in total. The summed E-state index contributed by atoms with van der Waals surface area (Å²) < 4.78 is 26.4. The van der Waals surface area contributed by atoms with E-state index in [1.54, 1.807) is 0 Å². The van der Waals surface area contributed by atoms with Crippen LogP contribution in [0.15, 0.2) is 47.4 Å². The molecule has 2 rings (SSSR count). The number of nitrogens with one attached hydrogen (secondary N) is 1. The number of phenolic OH excluding ortho intramolecular Hbond substituents is 1. The molecule has 0 radical (unpaired) electrons. The molecule has 21 heavy (non-hydrogen) atoms. The number of nitro groups is 1. The number of nitro benzene ring substituents is 1. The highest BCUT2D eigenvalue weighted by Gasteiger charge is 2.18. The molecule has 0 atom stereocenters. The van der Waals surface area contributed by atoms with Gasteiger partial charge >= 0.3 is 0 Å². The van der Waals surface area contributed by atoms with Gasteiger partial charge in [-0.15, -0.1) is 0 Å². The molecular weight excluding hydrogens is 320 g/mol. The molecular formula is C12H9ClN2O5S. The lowest BCUT2D eigenvalue weighted by atomic mass is 10.3. The molecule has 0 aromatic heterocycles. The molecule has 0 saturated heterocycles. The Kier molecular flexibility index (Phi) is 4.01. The number of nitrogens with zero attached hydrogens (tertiary/aromatic N) is 1. The normalized spacial score (nSPS) is 11.1. The molecule has 0 unspecified atom stereocenters. The number of hydrogen-bond donors (Lipinski definition) is 2. The zero-order valence-electron chi connectivity index (χ0n) is 10.4. The third-order valence-corrected chi connectivity index (χ3v) is 4.24. The highest BCUT2D eigenvalue weighted by atomic mass is 35.5. The van der Waals surface area contributed by atoms with Crippen LogP contribution in [0.25, 0.3) is 0 Å². The second-order valence-corrected chi connectivity index (χ2v) is 6.12. The fourth-order valence-corrected chi connectivity index (χ4v) is 2.76. The van der Waals surface area contributed by atoms with Gasteiger partial charge in [-0.3, -0.25) is 14.8 Å². The Bertz CT molecular complexity index is 807. The number of non-ortho nitro benzene ring substituents is 1. The number of benzene rings is 2. The lowest BCUT2D eigenvalue weighted by Gasteiger charge is -2.08. The highest BCUT2D eigenvalue weighted by molar-refractivity contribution is 7.92. The monoisotopic (exact) mass is 328 g/mol. The molecule has 0 spiro atoms. The molecule has 0 bridgehead atoms. The standard InChI is InChI=1S/C12H9ClN2O5S/c13-11-5-4-8(6-12(11)16)14-21(19,20)10-3-1-2-9(7-10)15(17)18/h1-7,14,16H. The predicted octanol–water partition coefficient (Wildman–Crippen LogP) is 2.75. The minimum atomic E-state index is -4.01. The lowest BCUT2D eigenvalue weighted by molar-refractivity contribution is -0.385. The van der Waals surface area contributed by atoms with Crippen molar-refractivity contribution < 1.29 is 18.4 Å². The summed E-state index contributed by atoms with van der Waals surface area (Å²) in [5.41, 5.74) is -0.250. The summed E-state index contributed by atoms with van der Waals surface area (Å²) in [6.45, 7) is 0. The number of sulfonamides is 1. The molecule has 0 aliphatic rings. The van der Waals surface area contributed by atoms with Gasteiger partial charge in [-0.1, -0.05) is 17.7 Å². The third-order valence-electron chi connectivity index (χ3n) is 2.54. The van der Waals surface area contributed by atoms with Crippen molar-refractivity contribution in [2.24, 2.45) is 0 Å². The number of anilines is 1. The molecule has 0 aliphatic heterocycles. The number of phenols is 1. The van der Waals surface area contributed by atoms with Crippen LogP contribution < -0.4 is 4.72 Å². The number of hydrogen-bond acceptors (Lipinski definition) is 5. The van der Waals surface area contributed by atoms with E-state index in [1.807, 2.05) is 0 Å². The van der Waals surface area contributed by atoms with Gasteiger partial charge in [0.1, 0.15) is 5.75 Å². The summed E-state index contributed by atoms with van der Waals surface area (Å²) in [6.07, 6.45) is 0. The van der Waals surface area contributed by atoms with E-state index in [4.69, 9.17) is 11.6 Å². The summed E-state index contributed by atoms with van der Waals surface area (Å²) in [4.78, 5) is 9.72. The molecule has 2 aromatic rings. The maximum atomic E-state index is 12.1. The first-order valence-electron chi connectivity index (χ1n) is 5.55. The minimum Gasteiger partial charge on any atom is -0.506 e. The summed E-state index contributed by atoms with van der Waals surface area (Å²) >= 11 is 5.62. The average molecular weight is 329 g/mol. The Morgan fingerprint density at radius 2 is 1.90 bits per heavy atom. The van der Waals surface area contributed by atoms with Crippen molar-refractivity contribution in [1.82, 2.24) is 0 Å². The van der Waals surface area contributed by atoms with Crippen LogP contribution in [0.3, 0.4) is 0 Å². The fourth-order valence-electron chi connectivity index (χ4n) is 1.55. The van der Waals surface area contributed by atoms with Crippen LogP contribution in [0.4, 0.5) is 11.4 Å². The quantitative estimate of drug-likeness (QED) is 0.662. The van der Waals surface area contributed by atoms with Gasteiger partial charge in [0.2, 0.25) is 0 Å². The van der Waals surface area contributed by atoms with E-state index in [9.17, 15) is 23.6 Å². The largest absolute Gasteiger partial charge is 0.506 e. The van der Waals surface area contributed by atoms with E-state index in [0.29, 0.717) is 0 Å². The molecule has 0 saturated carbocycles. The van der Waals surface area contributed by atoms with Crippen molar-refractivity contribution >= 4 is 33.0 Å². The van der Waals surface area contributed by atoms with Crippen molar-refractivity contribution in [3.8, 4) is 5.75 Å². The first-order valence-corrected chi connectivity index (χ1v) is 7.41. The maximum absolute atomic E-state index is 12.1. The van der Waals surface area contributed by atoms with Gasteiger partial charge in [0.25, 0.3) is 15.7 Å². The van der Waals surface area contributed by atoms with Crippen LogP contribution in [-0.4, -0.2) is 18.4 Å². The maximum Gasteiger partial charge on any atom is 0.270 e. The van der Waals surface area contributed by atoms with Crippen molar-refractivity contribution in [2.75, 3.05) is 4.72 Å². The second kappa shape index (κ2) is 5.58. The molecule has 2 aromatic carbocycles. The minimum absolute atomic E-state index is 0.0771. The van der Waals surface area contributed by atoms with Crippen LogP contribution in [0, 0.1) is 10.1 Å². The molecule has 0 amide bonds. The first kappa shape index (κ1) is 15.1. The Morgan fingerprint density at radius 1 is 1.19 bits per heavy atom. The summed E-state index contributed by atoms with van der Waals surface area (Å²) in [7, 11) is -4.01. The van der Waals surface area contributed by atoms with Gasteiger partial charge in [-0.25, -0.2) is 8.42 Å². The highest BCUT2D eigenvalue weighted by Crippen LogP contribution is 2.28. The fraction of sp³-hybridized carbons (Fsp3) is 0. The lowest BCUT2D eigenvalue weighted by Crippen LogP contribution is -2.13. The van der Waals surface area contributed by atoms with Gasteiger partial charge in [0.15, 0.2) is 0 Å². The summed E-state index contributed by atoms with van der Waals surface area (Å²) in [5.74, 6) is -0.282. The zero-order chi connectivity index (χ0) is 15.6. The van der Waals surface area contributed by atoms with Crippen LogP contribution in [0.5, 0.6) is 5.75 Å². The summed E-state index contributed by atoms with van der Waals surface area (Å²) in [6, 6.07) is 8.44. The number of halogens is 1. The van der Waals surface area contributed by atoms with Crippen molar-refractivity contribution in [1.29, 1.82) is 0 Å². The Labute approximate surface area is 125 Å². The van der Waals surface area contributed by atoms with Crippen LogP contribution in [0.1, 0.15) is 0 Å². The summed E-state index contributed by atoms with van der Waals surface area (Å²) in [5, 5.41) is 20.2. The van der Waals surface area contributed by atoms with E-state index in [-0.39, 0.29) is 27.0 Å². The Morgan fingerprint density at radius 3 is 2.52 bits per heavy atom. The Balaban J connectivity index is 2.36. The molecule has 0 aliphatic carbocycles.